The van der Waals surface area contributed by atoms with Crippen LogP contribution in [-0.2, 0) is 9.53 Å². The van der Waals surface area contributed by atoms with Crippen LogP contribution in [-0.4, -0.2) is 18.4 Å². The van der Waals surface area contributed by atoms with Crippen molar-refractivity contribution in [3.05, 3.63) is 41.2 Å². The van der Waals surface area contributed by atoms with Crippen LogP contribution in [0.15, 0.2) is 36.2 Å². The first-order valence-corrected chi connectivity index (χ1v) is 7.02. The molecule has 2 N–H and O–H groups in total. The molecule has 1 rings (SSSR count). The fourth-order valence-electron chi connectivity index (χ4n) is 1.37. The number of urea groups is 1. The molecule has 21 heavy (non-hydrogen) atoms. The normalized spacial score (nSPS) is 11.2. The van der Waals surface area contributed by atoms with Crippen LogP contribution in [0.1, 0.15) is 20.8 Å². The summed E-state index contributed by atoms with van der Waals surface area (Å²) in [5, 5.41) is 5.70. The zero-order valence-electron chi connectivity index (χ0n) is 12.3. The molecule has 0 aliphatic heterocycles. The van der Waals surface area contributed by atoms with E-state index in [9.17, 15) is 9.59 Å². The van der Waals surface area contributed by atoms with Gasteiger partial charge in [-0.2, -0.15) is 0 Å². The number of allylic oxidation sites excluding steroid dienone is 1. The molecule has 0 unspecified atom stereocenters. The van der Waals surface area contributed by atoms with Gasteiger partial charge in [-0.15, -0.1) is 0 Å². The summed E-state index contributed by atoms with van der Waals surface area (Å²) in [4.78, 5) is 23.5. The highest BCUT2D eigenvalue weighted by atomic mass is 35.5. The SMILES string of the molecule is CCOC(=CC(=O)C(C)C)NC(=O)Nc1ccc(Cl)cc1. The van der Waals surface area contributed by atoms with Gasteiger partial charge in [0, 0.05) is 22.7 Å². The summed E-state index contributed by atoms with van der Waals surface area (Å²) in [7, 11) is 0. The number of carbonyl (C=O) groups is 2. The number of amides is 2. The minimum absolute atomic E-state index is 0.120. The Morgan fingerprint density at radius 1 is 1.29 bits per heavy atom. The predicted molar refractivity (Wildman–Crippen MR) is 83.2 cm³/mol. The number of ether oxygens (including phenoxy) is 1. The maximum Gasteiger partial charge on any atom is 0.326 e. The van der Waals surface area contributed by atoms with E-state index in [1.165, 1.54) is 6.08 Å². The topological polar surface area (TPSA) is 67.4 Å². The van der Waals surface area contributed by atoms with Crippen molar-refractivity contribution in [1.29, 1.82) is 0 Å². The maximum absolute atomic E-state index is 11.8. The smallest absolute Gasteiger partial charge is 0.326 e. The largest absolute Gasteiger partial charge is 0.479 e. The monoisotopic (exact) mass is 310 g/mol. The third kappa shape index (κ3) is 6.31. The molecular formula is C15H19ClN2O3. The Hall–Kier alpha value is -2.01. The van der Waals surface area contributed by atoms with Gasteiger partial charge in [0.2, 0.25) is 0 Å². The maximum atomic E-state index is 11.8. The molecule has 0 aromatic heterocycles. The number of halogens is 1. The highest BCUT2D eigenvalue weighted by Gasteiger charge is 2.10. The van der Waals surface area contributed by atoms with E-state index in [-0.39, 0.29) is 17.6 Å². The molecule has 0 saturated heterocycles. The van der Waals surface area contributed by atoms with Gasteiger partial charge in [0.25, 0.3) is 0 Å². The first-order valence-electron chi connectivity index (χ1n) is 6.64. The average molecular weight is 311 g/mol. The lowest BCUT2D eigenvalue weighted by atomic mass is 10.1. The van der Waals surface area contributed by atoms with Gasteiger partial charge >= 0.3 is 6.03 Å². The van der Waals surface area contributed by atoms with Crippen molar-refractivity contribution in [1.82, 2.24) is 5.32 Å². The molecule has 0 radical (unpaired) electrons. The number of rotatable bonds is 6. The predicted octanol–water partition coefficient (Wildman–Crippen LogP) is 3.56. The number of ketones is 1. The van der Waals surface area contributed by atoms with Crippen molar-refractivity contribution in [3.8, 4) is 0 Å². The second-order valence-corrected chi connectivity index (χ2v) is 5.02. The Labute approximate surface area is 129 Å². The molecule has 2 amide bonds. The Balaban J connectivity index is 2.68. The van der Waals surface area contributed by atoms with Crippen LogP contribution in [0.5, 0.6) is 0 Å². The second-order valence-electron chi connectivity index (χ2n) is 4.58. The Kier molecular flexibility index (Phi) is 6.75. The average Bonchev–Trinajstić information content (AvgIpc) is 2.41. The summed E-state index contributed by atoms with van der Waals surface area (Å²) in [6, 6.07) is 6.18. The molecule has 1 aromatic rings. The van der Waals surface area contributed by atoms with E-state index >= 15 is 0 Å². The minimum Gasteiger partial charge on any atom is -0.479 e. The van der Waals surface area contributed by atoms with Crippen LogP contribution in [0.2, 0.25) is 5.02 Å². The van der Waals surface area contributed by atoms with Gasteiger partial charge in [-0.25, -0.2) is 4.79 Å². The van der Waals surface area contributed by atoms with Crippen molar-refractivity contribution in [2.75, 3.05) is 11.9 Å². The molecule has 5 nitrogen and oxygen atoms in total. The highest BCUT2D eigenvalue weighted by molar-refractivity contribution is 6.30. The summed E-state index contributed by atoms with van der Waals surface area (Å²) in [6.07, 6.45) is 1.29. The first-order chi connectivity index (χ1) is 9.92. The lowest BCUT2D eigenvalue weighted by Gasteiger charge is -2.12. The quantitative estimate of drug-likeness (QED) is 0.623. The van der Waals surface area contributed by atoms with Crippen molar-refractivity contribution >= 4 is 29.1 Å². The number of anilines is 1. The van der Waals surface area contributed by atoms with Crippen LogP contribution in [0.25, 0.3) is 0 Å². The lowest BCUT2D eigenvalue weighted by molar-refractivity contribution is -0.117. The zero-order valence-corrected chi connectivity index (χ0v) is 13.0. The van der Waals surface area contributed by atoms with Gasteiger partial charge < -0.3 is 10.1 Å². The van der Waals surface area contributed by atoms with Gasteiger partial charge in [-0.3, -0.25) is 10.1 Å². The summed E-state index contributed by atoms with van der Waals surface area (Å²) < 4.78 is 5.24. The molecule has 0 aliphatic carbocycles. The summed E-state index contributed by atoms with van der Waals surface area (Å²) in [5.41, 5.74) is 0.586. The van der Waals surface area contributed by atoms with Crippen LogP contribution in [0.4, 0.5) is 10.5 Å². The van der Waals surface area contributed by atoms with Gasteiger partial charge in [0.05, 0.1) is 6.61 Å². The molecule has 0 fully saturated rings. The van der Waals surface area contributed by atoms with E-state index in [1.54, 1.807) is 45.0 Å². The van der Waals surface area contributed by atoms with E-state index in [1.807, 2.05) is 0 Å². The van der Waals surface area contributed by atoms with Gasteiger partial charge in [-0.1, -0.05) is 25.4 Å². The van der Waals surface area contributed by atoms with E-state index < -0.39 is 6.03 Å². The van der Waals surface area contributed by atoms with Crippen molar-refractivity contribution in [2.45, 2.75) is 20.8 Å². The lowest BCUT2D eigenvalue weighted by Crippen LogP contribution is -2.30. The van der Waals surface area contributed by atoms with Gasteiger partial charge in [-0.05, 0) is 31.2 Å². The molecule has 114 valence electrons. The molecule has 0 aliphatic rings. The fourth-order valence-corrected chi connectivity index (χ4v) is 1.50. The molecule has 0 atom stereocenters. The number of hydrogen-bond donors (Lipinski definition) is 2. The first kappa shape index (κ1) is 17.0. The van der Waals surface area contributed by atoms with Crippen molar-refractivity contribution in [3.63, 3.8) is 0 Å². The molecule has 0 saturated carbocycles. The molecular weight excluding hydrogens is 292 g/mol. The number of carbonyl (C=O) groups excluding carboxylic acids is 2. The Morgan fingerprint density at radius 2 is 1.90 bits per heavy atom. The van der Waals surface area contributed by atoms with Crippen LogP contribution in [0.3, 0.4) is 0 Å². The molecule has 1 aromatic carbocycles. The van der Waals surface area contributed by atoms with Crippen LogP contribution in [0, 0.1) is 5.92 Å². The number of hydrogen-bond acceptors (Lipinski definition) is 3. The van der Waals surface area contributed by atoms with Crippen molar-refractivity contribution in [2.24, 2.45) is 5.92 Å². The Morgan fingerprint density at radius 3 is 2.43 bits per heavy atom. The summed E-state index contributed by atoms with van der Waals surface area (Å²) in [6.45, 7) is 5.66. The number of benzene rings is 1. The van der Waals surface area contributed by atoms with Crippen molar-refractivity contribution < 1.29 is 14.3 Å². The number of nitrogens with one attached hydrogen (secondary N) is 2. The molecule has 0 heterocycles. The third-order valence-corrected chi connectivity index (χ3v) is 2.73. The van der Waals surface area contributed by atoms with E-state index in [0.717, 1.165) is 0 Å². The fraction of sp³-hybridized carbons (Fsp3) is 0.333. The molecule has 0 bridgehead atoms. The van der Waals surface area contributed by atoms with E-state index in [2.05, 4.69) is 10.6 Å². The third-order valence-electron chi connectivity index (χ3n) is 2.48. The van der Waals surface area contributed by atoms with E-state index in [0.29, 0.717) is 17.3 Å². The highest BCUT2D eigenvalue weighted by Crippen LogP contribution is 2.13. The van der Waals surface area contributed by atoms with Crippen LogP contribution >= 0.6 is 11.6 Å². The van der Waals surface area contributed by atoms with Gasteiger partial charge in [0.15, 0.2) is 11.7 Å². The second kappa shape index (κ2) is 8.32. The van der Waals surface area contributed by atoms with E-state index in [4.69, 9.17) is 16.3 Å². The summed E-state index contributed by atoms with van der Waals surface area (Å²) in [5.74, 6) is -0.158. The van der Waals surface area contributed by atoms with Gasteiger partial charge in [0.1, 0.15) is 0 Å². The standard InChI is InChI=1S/C15H19ClN2O3/c1-4-21-14(9-13(19)10(2)3)18-15(20)17-12-7-5-11(16)6-8-12/h5-10H,4H2,1-3H3,(H2,17,18,20). The molecule has 6 heteroatoms. The molecule has 0 spiro atoms. The summed E-state index contributed by atoms with van der Waals surface area (Å²) >= 11 is 5.77. The Bertz CT molecular complexity index is 524. The minimum atomic E-state index is -0.492. The zero-order chi connectivity index (χ0) is 15.8. The van der Waals surface area contributed by atoms with Crippen LogP contribution < -0.4 is 10.6 Å².